The van der Waals surface area contributed by atoms with Gasteiger partial charge in [0, 0.05) is 22.9 Å². The Morgan fingerprint density at radius 1 is 0.900 bits per heavy atom. The van der Waals surface area contributed by atoms with Gasteiger partial charge in [0.25, 0.3) is 0 Å². The first-order valence-electron chi connectivity index (χ1n) is 12.6. The van der Waals surface area contributed by atoms with E-state index in [1.165, 1.54) is 25.3 Å². The smallest absolute Gasteiger partial charge is 0.240 e. The average Bonchev–Trinajstić information content (AvgIpc) is 3.44. The molecule has 6 rings (SSSR count). The molecule has 0 N–H and O–H groups in total. The van der Waals surface area contributed by atoms with Crippen LogP contribution in [-0.2, 0) is 9.59 Å². The van der Waals surface area contributed by atoms with Crippen molar-refractivity contribution in [2.45, 2.75) is 12.1 Å². The fourth-order valence-corrected chi connectivity index (χ4v) is 6.35. The summed E-state index contributed by atoms with van der Waals surface area (Å²) >= 11 is 3.41. The molecule has 0 radical (unpaired) electrons. The van der Waals surface area contributed by atoms with Crippen molar-refractivity contribution in [3.8, 4) is 5.75 Å². The number of methoxy groups -OCH3 is 1. The molecule has 200 valence electrons. The number of imide groups is 1. The molecule has 3 heterocycles. The van der Waals surface area contributed by atoms with Crippen molar-refractivity contribution < 1.29 is 28.3 Å². The van der Waals surface area contributed by atoms with Gasteiger partial charge >= 0.3 is 0 Å². The maximum absolute atomic E-state index is 14.1. The summed E-state index contributed by atoms with van der Waals surface area (Å²) in [5, 5.41) is 0. The molecule has 7 nitrogen and oxygen atoms in total. The molecule has 4 atom stereocenters. The van der Waals surface area contributed by atoms with Crippen molar-refractivity contribution in [1.29, 1.82) is 0 Å². The lowest BCUT2D eigenvalue weighted by Gasteiger charge is -2.33. The van der Waals surface area contributed by atoms with Crippen LogP contribution in [0.5, 0.6) is 5.75 Å². The average molecular weight is 601 g/mol. The molecule has 0 saturated carbocycles. The van der Waals surface area contributed by atoms with Crippen molar-refractivity contribution in [3.05, 3.63) is 118 Å². The Morgan fingerprint density at radius 3 is 2.35 bits per heavy atom. The van der Waals surface area contributed by atoms with Gasteiger partial charge < -0.3 is 9.64 Å². The van der Waals surface area contributed by atoms with Crippen LogP contribution in [0.3, 0.4) is 0 Å². The van der Waals surface area contributed by atoms with E-state index in [2.05, 4.69) is 15.9 Å². The van der Waals surface area contributed by atoms with Gasteiger partial charge in [0.2, 0.25) is 11.8 Å². The topological polar surface area (TPSA) is 84.0 Å². The van der Waals surface area contributed by atoms with Crippen LogP contribution in [0, 0.1) is 17.7 Å². The number of benzene rings is 3. The molecule has 3 aromatic carbocycles. The van der Waals surface area contributed by atoms with Crippen molar-refractivity contribution in [3.63, 3.8) is 0 Å². The molecule has 0 aromatic heterocycles. The Labute approximate surface area is 237 Å². The molecule has 40 heavy (non-hydrogen) atoms. The van der Waals surface area contributed by atoms with E-state index in [1.807, 2.05) is 6.07 Å². The largest absolute Gasteiger partial charge is 0.496 e. The predicted octanol–water partition coefficient (Wildman–Crippen LogP) is 4.97. The molecule has 2 saturated heterocycles. The number of ether oxygens (including phenoxy) is 1. The van der Waals surface area contributed by atoms with Gasteiger partial charge in [-0.1, -0.05) is 42.5 Å². The third-order valence-corrected chi connectivity index (χ3v) is 8.24. The lowest BCUT2D eigenvalue weighted by molar-refractivity contribution is -0.123. The van der Waals surface area contributed by atoms with Crippen LogP contribution in [0.15, 0.2) is 101 Å². The molecular formula is C31H22BrFN2O5. The number of nitrogens with zero attached hydrogens (tertiary/aromatic N) is 2. The summed E-state index contributed by atoms with van der Waals surface area (Å²) < 4.78 is 19.9. The highest BCUT2D eigenvalue weighted by atomic mass is 79.9. The number of Topliss-reactive ketones (excluding diaryl/α,β-unsaturated/α-hetero) is 2. The van der Waals surface area contributed by atoms with Crippen LogP contribution >= 0.6 is 15.9 Å². The summed E-state index contributed by atoms with van der Waals surface area (Å²) in [6.07, 6.45) is 4.88. The molecule has 0 spiro atoms. The molecule has 2 fully saturated rings. The van der Waals surface area contributed by atoms with Crippen LogP contribution in [0.1, 0.15) is 20.7 Å². The summed E-state index contributed by atoms with van der Waals surface area (Å²) in [5.74, 6) is -3.77. The van der Waals surface area contributed by atoms with E-state index in [0.717, 1.165) is 11.0 Å². The summed E-state index contributed by atoms with van der Waals surface area (Å²) in [5.41, 5.74) is 1.26. The number of hydrogen-bond acceptors (Lipinski definition) is 6. The normalized spacial score (nSPS) is 23.1. The van der Waals surface area contributed by atoms with Crippen LogP contribution in [0.4, 0.5) is 10.1 Å². The third kappa shape index (κ3) is 4.08. The maximum Gasteiger partial charge on any atom is 0.240 e. The van der Waals surface area contributed by atoms with Crippen molar-refractivity contribution in [2.75, 3.05) is 12.0 Å². The number of carbonyl (C=O) groups excluding carboxylic acids is 4. The second-order valence-electron chi connectivity index (χ2n) is 9.77. The highest BCUT2D eigenvalue weighted by Crippen LogP contribution is 2.47. The zero-order valence-electron chi connectivity index (χ0n) is 21.2. The van der Waals surface area contributed by atoms with E-state index in [-0.39, 0.29) is 17.3 Å². The number of amides is 2. The van der Waals surface area contributed by atoms with Crippen molar-refractivity contribution in [2.24, 2.45) is 11.8 Å². The standard InChI is InChI=1S/C31H22BrFN2O5/c1-40-24-11-10-18(14-22(24)32)29(37)27-26-25(30(38)35(31(26)39)21-9-5-8-20(33)16-21)23-15-19(12-13-34(23)27)28(36)17-6-3-2-4-7-17/h2-16,23,25-27H,1H3/t23-,25-,26+,27-/m1/s1. The first-order valence-corrected chi connectivity index (χ1v) is 13.4. The molecular weight excluding hydrogens is 579 g/mol. The van der Waals surface area contributed by atoms with Gasteiger partial charge in [-0.25, -0.2) is 9.29 Å². The molecule has 3 aliphatic heterocycles. The minimum absolute atomic E-state index is 0.102. The number of fused-ring (bicyclic) bond motifs is 3. The minimum Gasteiger partial charge on any atom is -0.496 e. The van der Waals surface area contributed by atoms with Gasteiger partial charge in [-0.15, -0.1) is 0 Å². The molecule has 0 bridgehead atoms. The Morgan fingerprint density at radius 2 is 1.65 bits per heavy atom. The predicted molar refractivity (Wildman–Crippen MR) is 148 cm³/mol. The Kier molecular flexibility index (Phi) is 6.46. The molecule has 0 unspecified atom stereocenters. The van der Waals surface area contributed by atoms with Gasteiger partial charge in [-0.05, 0) is 58.4 Å². The SMILES string of the molecule is COc1ccc(C(=O)[C@H]2[C@H]3C(=O)N(c4cccc(F)c4)C(=O)[C@@H]3[C@H]3C=C(C(=O)c4ccccc4)C=CN32)cc1Br. The molecule has 3 aliphatic rings. The van der Waals surface area contributed by atoms with E-state index in [0.29, 0.717) is 26.9 Å². The van der Waals surface area contributed by atoms with Crippen LogP contribution in [0.25, 0.3) is 0 Å². The van der Waals surface area contributed by atoms with E-state index in [4.69, 9.17) is 4.74 Å². The fraction of sp³-hybridized carbons (Fsp3) is 0.161. The van der Waals surface area contributed by atoms with Crippen LogP contribution in [-0.4, -0.2) is 47.5 Å². The maximum atomic E-state index is 14.1. The Bertz CT molecular complexity index is 1640. The summed E-state index contributed by atoms with van der Waals surface area (Å²) in [7, 11) is 1.51. The molecule has 9 heteroatoms. The highest BCUT2D eigenvalue weighted by Gasteiger charge is 2.63. The number of ketones is 2. The zero-order valence-corrected chi connectivity index (χ0v) is 22.7. The fourth-order valence-electron chi connectivity index (χ4n) is 5.81. The lowest BCUT2D eigenvalue weighted by Crippen LogP contribution is -2.46. The van der Waals surface area contributed by atoms with Crippen molar-refractivity contribution >= 4 is 45.0 Å². The van der Waals surface area contributed by atoms with E-state index < -0.39 is 41.6 Å². The number of carbonyl (C=O) groups is 4. The van der Waals surface area contributed by atoms with E-state index in [9.17, 15) is 23.6 Å². The lowest BCUT2D eigenvalue weighted by atomic mass is 9.85. The number of hydrogen-bond donors (Lipinski definition) is 0. The van der Waals surface area contributed by atoms with E-state index in [1.54, 1.807) is 65.7 Å². The van der Waals surface area contributed by atoms with Crippen LogP contribution in [0.2, 0.25) is 0 Å². The highest BCUT2D eigenvalue weighted by molar-refractivity contribution is 9.10. The summed E-state index contributed by atoms with van der Waals surface area (Å²) in [4.78, 5) is 57.6. The quantitative estimate of drug-likeness (QED) is 0.293. The second-order valence-corrected chi connectivity index (χ2v) is 10.6. The Hall–Kier alpha value is -4.37. The Balaban J connectivity index is 1.44. The van der Waals surface area contributed by atoms with E-state index >= 15 is 0 Å². The van der Waals surface area contributed by atoms with Gasteiger partial charge in [-0.3, -0.25) is 19.2 Å². The number of allylic oxidation sites excluding steroid dienone is 2. The summed E-state index contributed by atoms with van der Waals surface area (Å²) in [6, 6.07) is 17.1. The molecule has 2 amide bonds. The first kappa shape index (κ1) is 25.9. The third-order valence-electron chi connectivity index (χ3n) is 7.62. The van der Waals surface area contributed by atoms with Gasteiger partial charge in [0.15, 0.2) is 11.6 Å². The molecule has 3 aromatic rings. The number of anilines is 1. The van der Waals surface area contributed by atoms with Crippen molar-refractivity contribution in [1.82, 2.24) is 4.90 Å². The number of rotatable bonds is 6. The second kappa shape index (κ2) is 9.98. The molecule has 0 aliphatic carbocycles. The zero-order chi connectivity index (χ0) is 28.1. The minimum atomic E-state index is -1.04. The van der Waals surface area contributed by atoms with Gasteiger partial charge in [0.05, 0.1) is 35.1 Å². The summed E-state index contributed by atoms with van der Waals surface area (Å²) in [6.45, 7) is 0. The first-order chi connectivity index (χ1) is 19.3. The monoisotopic (exact) mass is 600 g/mol. The van der Waals surface area contributed by atoms with Gasteiger partial charge in [-0.2, -0.15) is 0 Å². The number of halogens is 2. The van der Waals surface area contributed by atoms with Gasteiger partial charge in [0.1, 0.15) is 17.6 Å². The van der Waals surface area contributed by atoms with Crippen LogP contribution < -0.4 is 9.64 Å².